The number of nitrogens with one attached hydrogen (secondary N) is 1. The van der Waals surface area contributed by atoms with Crippen molar-refractivity contribution >= 4 is 0 Å². The van der Waals surface area contributed by atoms with Gasteiger partial charge < -0.3 is 19.2 Å². The van der Waals surface area contributed by atoms with Crippen molar-refractivity contribution in [2.75, 3.05) is 13.7 Å². The molecule has 0 saturated heterocycles. The SMILES string of the molecule is CCNCc1coc(COc2ccccc2OC)c1. The molecular formula is C15H19NO3. The molecule has 1 aromatic heterocycles. The molecule has 0 unspecified atom stereocenters. The van der Waals surface area contributed by atoms with E-state index in [-0.39, 0.29) is 0 Å². The standard InChI is InChI=1S/C15H19NO3/c1-3-16-9-12-8-13(18-10-12)11-19-15-7-5-4-6-14(15)17-2/h4-8,10,16H,3,9,11H2,1-2H3. The molecular weight excluding hydrogens is 242 g/mol. The van der Waals surface area contributed by atoms with E-state index < -0.39 is 0 Å². The van der Waals surface area contributed by atoms with Crippen molar-refractivity contribution < 1.29 is 13.9 Å². The monoisotopic (exact) mass is 261 g/mol. The van der Waals surface area contributed by atoms with Crippen LogP contribution in [0.3, 0.4) is 0 Å². The number of hydrogen-bond acceptors (Lipinski definition) is 4. The predicted molar refractivity (Wildman–Crippen MR) is 73.4 cm³/mol. The second kappa shape index (κ2) is 6.85. The molecule has 0 aliphatic carbocycles. The lowest BCUT2D eigenvalue weighted by Crippen LogP contribution is -2.10. The van der Waals surface area contributed by atoms with Crippen LogP contribution in [-0.4, -0.2) is 13.7 Å². The average Bonchev–Trinajstić information content (AvgIpc) is 2.91. The molecule has 0 aliphatic heterocycles. The Hall–Kier alpha value is -1.94. The van der Waals surface area contributed by atoms with Gasteiger partial charge >= 0.3 is 0 Å². The third-order valence-corrected chi connectivity index (χ3v) is 2.73. The Bertz CT molecular complexity index is 508. The van der Waals surface area contributed by atoms with Gasteiger partial charge in [0.25, 0.3) is 0 Å². The second-order valence-electron chi connectivity index (χ2n) is 4.14. The molecule has 1 aromatic carbocycles. The summed E-state index contributed by atoms with van der Waals surface area (Å²) in [6.07, 6.45) is 1.75. The number of methoxy groups -OCH3 is 1. The lowest BCUT2D eigenvalue weighted by atomic mass is 10.3. The first-order chi connectivity index (χ1) is 9.33. The van der Waals surface area contributed by atoms with Crippen LogP contribution in [0.2, 0.25) is 0 Å². The van der Waals surface area contributed by atoms with Crippen molar-refractivity contribution in [1.82, 2.24) is 5.32 Å². The summed E-state index contributed by atoms with van der Waals surface area (Å²) in [4.78, 5) is 0. The highest BCUT2D eigenvalue weighted by Gasteiger charge is 2.06. The summed E-state index contributed by atoms with van der Waals surface area (Å²) < 4.78 is 16.4. The van der Waals surface area contributed by atoms with Crippen LogP contribution in [0.4, 0.5) is 0 Å². The molecule has 0 bridgehead atoms. The minimum atomic E-state index is 0.395. The van der Waals surface area contributed by atoms with E-state index in [0.29, 0.717) is 6.61 Å². The second-order valence-corrected chi connectivity index (χ2v) is 4.14. The summed E-state index contributed by atoms with van der Waals surface area (Å²) >= 11 is 0. The van der Waals surface area contributed by atoms with Crippen LogP contribution in [0.25, 0.3) is 0 Å². The molecule has 1 N–H and O–H groups in total. The van der Waals surface area contributed by atoms with E-state index in [4.69, 9.17) is 13.9 Å². The molecule has 19 heavy (non-hydrogen) atoms. The fourth-order valence-electron chi connectivity index (χ4n) is 1.75. The van der Waals surface area contributed by atoms with Gasteiger partial charge in [-0.1, -0.05) is 19.1 Å². The number of rotatable bonds is 7. The van der Waals surface area contributed by atoms with Crippen LogP contribution >= 0.6 is 0 Å². The highest BCUT2D eigenvalue weighted by Crippen LogP contribution is 2.26. The van der Waals surface area contributed by atoms with E-state index in [0.717, 1.165) is 35.9 Å². The van der Waals surface area contributed by atoms with Crippen LogP contribution in [0, 0.1) is 0 Å². The van der Waals surface area contributed by atoms with Gasteiger partial charge in [-0.05, 0) is 24.7 Å². The number of benzene rings is 1. The molecule has 4 nitrogen and oxygen atoms in total. The van der Waals surface area contributed by atoms with Gasteiger partial charge in [0.2, 0.25) is 0 Å². The summed E-state index contributed by atoms with van der Waals surface area (Å²) in [5, 5.41) is 3.25. The van der Waals surface area contributed by atoms with E-state index in [1.807, 2.05) is 30.3 Å². The molecule has 0 radical (unpaired) electrons. The number of furan rings is 1. The van der Waals surface area contributed by atoms with Gasteiger partial charge in [0.05, 0.1) is 13.4 Å². The molecule has 0 saturated carbocycles. The molecule has 0 aliphatic rings. The van der Waals surface area contributed by atoms with Gasteiger partial charge in [-0.2, -0.15) is 0 Å². The Morgan fingerprint density at radius 2 is 2.00 bits per heavy atom. The average molecular weight is 261 g/mol. The van der Waals surface area contributed by atoms with E-state index in [1.54, 1.807) is 13.4 Å². The predicted octanol–water partition coefficient (Wildman–Crippen LogP) is 2.98. The molecule has 1 heterocycles. The molecule has 0 atom stereocenters. The van der Waals surface area contributed by atoms with E-state index in [2.05, 4.69) is 12.2 Å². The zero-order valence-electron chi connectivity index (χ0n) is 11.3. The molecule has 0 amide bonds. The van der Waals surface area contributed by atoms with E-state index in [1.165, 1.54) is 0 Å². The van der Waals surface area contributed by atoms with E-state index in [9.17, 15) is 0 Å². The third kappa shape index (κ3) is 3.76. The Labute approximate surface area is 113 Å². The lowest BCUT2D eigenvalue weighted by Gasteiger charge is -2.08. The maximum absolute atomic E-state index is 5.69. The van der Waals surface area contributed by atoms with Gasteiger partial charge in [-0.15, -0.1) is 0 Å². The first-order valence-corrected chi connectivity index (χ1v) is 6.36. The Balaban J connectivity index is 1.93. The maximum Gasteiger partial charge on any atom is 0.161 e. The van der Waals surface area contributed by atoms with Crippen molar-refractivity contribution in [1.29, 1.82) is 0 Å². The van der Waals surface area contributed by atoms with Crippen molar-refractivity contribution in [2.45, 2.75) is 20.1 Å². The quantitative estimate of drug-likeness (QED) is 0.832. The number of ether oxygens (including phenoxy) is 2. The molecule has 102 valence electrons. The van der Waals surface area contributed by atoms with Gasteiger partial charge in [-0.25, -0.2) is 0 Å². The van der Waals surface area contributed by atoms with Gasteiger partial charge in [0, 0.05) is 12.1 Å². The van der Waals surface area contributed by atoms with Gasteiger partial charge in [0.15, 0.2) is 11.5 Å². The highest BCUT2D eigenvalue weighted by atomic mass is 16.5. The minimum Gasteiger partial charge on any atom is -0.493 e. The smallest absolute Gasteiger partial charge is 0.161 e. The molecule has 2 aromatic rings. The third-order valence-electron chi connectivity index (χ3n) is 2.73. The zero-order valence-corrected chi connectivity index (χ0v) is 11.3. The minimum absolute atomic E-state index is 0.395. The van der Waals surface area contributed by atoms with Crippen LogP contribution in [-0.2, 0) is 13.2 Å². The molecule has 0 spiro atoms. The molecule has 2 rings (SSSR count). The normalized spacial score (nSPS) is 10.4. The van der Waals surface area contributed by atoms with Crippen molar-refractivity contribution in [3.05, 3.63) is 47.9 Å². The summed E-state index contributed by atoms with van der Waals surface area (Å²) in [6, 6.07) is 9.57. The summed E-state index contributed by atoms with van der Waals surface area (Å²) in [7, 11) is 1.63. The van der Waals surface area contributed by atoms with Crippen LogP contribution in [0.15, 0.2) is 41.0 Å². The Morgan fingerprint density at radius 1 is 1.21 bits per heavy atom. The highest BCUT2D eigenvalue weighted by molar-refractivity contribution is 5.39. The maximum atomic E-state index is 5.69. The topological polar surface area (TPSA) is 43.6 Å². The van der Waals surface area contributed by atoms with Crippen LogP contribution in [0.5, 0.6) is 11.5 Å². The first kappa shape index (κ1) is 13.5. The summed E-state index contributed by atoms with van der Waals surface area (Å²) in [5.41, 5.74) is 1.13. The Kier molecular flexibility index (Phi) is 4.86. The molecule has 4 heteroatoms. The summed E-state index contributed by atoms with van der Waals surface area (Å²) in [5.74, 6) is 2.25. The van der Waals surface area contributed by atoms with Gasteiger partial charge in [-0.3, -0.25) is 0 Å². The zero-order chi connectivity index (χ0) is 13.5. The van der Waals surface area contributed by atoms with Crippen molar-refractivity contribution in [3.8, 4) is 11.5 Å². The fraction of sp³-hybridized carbons (Fsp3) is 0.333. The van der Waals surface area contributed by atoms with Crippen molar-refractivity contribution in [3.63, 3.8) is 0 Å². The largest absolute Gasteiger partial charge is 0.493 e. The van der Waals surface area contributed by atoms with Crippen LogP contribution in [0.1, 0.15) is 18.2 Å². The summed E-state index contributed by atoms with van der Waals surface area (Å²) in [6.45, 7) is 4.23. The lowest BCUT2D eigenvalue weighted by molar-refractivity contribution is 0.256. The molecule has 0 fully saturated rings. The Morgan fingerprint density at radius 3 is 2.74 bits per heavy atom. The fourth-order valence-corrected chi connectivity index (χ4v) is 1.75. The van der Waals surface area contributed by atoms with Crippen LogP contribution < -0.4 is 14.8 Å². The number of hydrogen-bond donors (Lipinski definition) is 1. The number of para-hydroxylation sites is 2. The first-order valence-electron chi connectivity index (χ1n) is 6.36. The van der Waals surface area contributed by atoms with Crippen molar-refractivity contribution in [2.24, 2.45) is 0 Å². The van der Waals surface area contributed by atoms with E-state index >= 15 is 0 Å². The van der Waals surface area contributed by atoms with Gasteiger partial charge in [0.1, 0.15) is 12.4 Å².